The molecular formula is C22H27ClN4O5. The Morgan fingerprint density at radius 2 is 1.69 bits per heavy atom. The monoisotopic (exact) mass is 462 g/mol. The first kappa shape index (κ1) is 24.9. The molecule has 32 heavy (non-hydrogen) atoms. The first-order valence-corrected chi connectivity index (χ1v) is 10.7. The van der Waals surface area contributed by atoms with Crippen molar-refractivity contribution in [1.29, 1.82) is 0 Å². The van der Waals surface area contributed by atoms with Gasteiger partial charge in [0.15, 0.2) is 0 Å². The first-order chi connectivity index (χ1) is 15.5. The molecule has 0 bridgehead atoms. The van der Waals surface area contributed by atoms with Crippen molar-refractivity contribution in [3.8, 4) is 0 Å². The van der Waals surface area contributed by atoms with Crippen molar-refractivity contribution in [2.45, 2.75) is 25.9 Å². The molecular weight excluding hydrogens is 436 g/mol. The number of amides is 3. The molecule has 0 spiro atoms. The van der Waals surface area contributed by atoms with Crippen molar-refractivity contribution >= 4 is 29.7 Å². The molecule has 0 radical (unpaired) electrons. The average molecular weight is 463 g/mol. The van der Waals surface area contributed by atoms with E-state index in [0.717, 1.165) is 5.56 Å². The third-order valence-electron chi connectivity index (χ3n) is 4.47. The van der Waals surface area contributed by atoms with Gasteiger partial charge in [-0.05, 0) is 37.0 Å². The zero-order valence-electron chi connectivity index (χ0n) is 17.6. The van der Waals surface area contributed by atoms with E-state index in [1.165, 1.54) is 6.20 Å². The third kappa shape index (κ3) is 9.65. The number of hydrogen-bond donors (Lipinski definition) is 3. The molecule has 0 saturated carbocycles. The lowest BCUT2D eigenvalue weighted by atomic mass is 10.2. The molecule has 1 aromatic carbocycles. The number of rotatable bonds is 12. The zero-order chi connectivity index (χ0) is 23.2. The van der Waals surface area contributed by atoms with Gasteiger partial charge in [0.1, 0.15) is 11.8 Å². The lowest BCUT2D eigenvalue weighted by Crippen LogP contribution is -2.36. The van der Waals surface area contributed by atoms with Gasteiger partial charge in [0, 0.05) is 32.4 Å². The van der Waals surface area contributed by atoms with Crippen molar-refractivity contribution in [2.75, 3.05) is 26.2 Å². The van der Waals surface area contributed by atoms with Crippen molar-refractivity contribution < 1.29 is 24.2 Å². The quantitative estimate of drug-likeness (QED) is 0.327. The first-order valence-electron chi connectivity index (χ1n) is 10.3. The van der Waals surface area contributed by atoms with Gasteiger partial charge in [0.25, 0.3) is 5.91 Å². The zero-order valence-corrected chi connectivity index (χ0v) is 18.4. The van der Waals surface area contributed by atoms with Crippen LogP contribution in [0.4, 0.5) is 9.59 Å². The number of halogens is 1. The second-order valence-corrected chi connectivity index (χ2v) is 7.33. The number of nitrogens with zero attached hydrogens (tertiary/aromatic N) is 2. The van der Waals surface area contributed by atoms with Gasteiger partial charge in [-0.2, -0.15) is 0 Å². The third-order valence-corrected chi connectivity index (χ3v) is 4.70. The van der Waals surface area contributed by atoms with E-state index in [4.69, 9.17) is 21.4 Å². The Morgan fingerprint density at radius 1 is 0.969 bits per heavy atom. The lowest BCUT2D eigenvalue weighted by molar-refractivity contribution is 0.0929. The molecule has 1 heterocycles. The lowest BCUT2D eigenvalue weighted by Gasteiger charge is -2.22. The Hall–Kier alpha value is -3.33. The fourth-order valence-corrected chi connectivity index (χ4v) is 2.92. The van der Waals surface area contributed by atoms with E-state index >= 15 is 0 Å². The van der Waals surface area contributed by atoms with Crippen molar-refractivity contribution in [2.24, 2.45) is 0 Å². The summed E-state index contributed by atoms with van der Waals surface area (Å²) in [5, 5.41) is 14.0. The summed E-state index contributed by atoms with van der Waals surface area (Å²) in [5.41, 5.74) is 1.29. The van der Waals surface area contributed by atoms with Crippen LogP contribution in [0.5, 0.6) is 0 Å². The van der Waals surface area contributed by atoms with Crippen LogP contribution in [0.1, 0.15) is 35.2 Å². The Morgan fingerprint density at radius 3 is 2.38 bits per heavy atom. The van der Waals surface area contributed by atoms with Crippen LogP contribution in [0.15, 0.2) is 48.7 Å². The number of carboxylic acid groups (broad SMARTS) is 1. The summed E-state index contributed by atoms with van der Waals surface area (Å²) in [6.45, 7) is 1.65. The van der Waals surface area contributed by atoms with Crippen molar-refractivity contribution in [1.82, 2.24) is 20.5 Å². The topological polar surface area (TPSA) is 121 Å². The second-order valence-electron chi connectivity index (χ2n) is 6.95. The van der Waals surface area contributed by atoms with Gasteiger partial charge in [-0.1, -0.05) is 41.9 Å². The molecule has 0 fully saturated rings. The number of carbonyl (C=O) groups is 3. The predicted molar refractivity (Wildman–Crippen MR) is 120 cm³/mol. The maximum absolute atomic E-state index is 12.6. The molecule has 0 aliphatic rings. The smallest absolute Gasteiger partial charge is 0.410 e. The minimum atomic E-state index is -1.07. The summed E-state index contributed by atoms with van der Waals surface area (Å²) < 4.78 is 5.41. The van der Waals surface area contributed by atoms with E-state index in [9.17, 15) is 14.4 Å². The van der Waals surface area contributed by atoms with Crippen molar-refractivity contribution in [3.05, 3.63) is 64.9 Å². The summed E-state index contributed by atoms with van der Waals surface area (Å²) in [7, 11) is 0. The molecule has 3 amide bonds. The van der Waals surface area contributed by atoms with Gasteiger partial charge < -0.3 is 25.4 Å². The highest BCUT2D eigenvalue weighted by atomic mass is 35.5. The molecule has 3 N–H and O–H groups in total. The standard InChI is InChI=1S/C22H27ClN4O5/c23-19-10-9-18(15-26-19)20(28)24-12-6-14-27(13-5-4-11-25-21(29)30)22(31)32-16-17-7-2-1-3-8-17/h1-3,7-10,15,25H,4-6,11-14,16H2,(H,24,28)(H,29,30). The normalized spacial score (nSPS) is 10.3. The number of ether oxygens (including phenoxy) is 1. The average Bonchev–Trinajstić information content (AvgIpc) is 2.79. The van der Waals surface area contributed by atoms with Gasteiger partial charge in [0.05, 0.1) is 5.56 Å². The molecule has 2 rings (SSSR count). The predicted octanol–water partition coefficient (Wildman–Crippen LogP) is 3.54. The van der Waals surface area contributed by atoms with Crippen LogP contribution in [-0.4, -0.2) is 59.3 Å². The molecule has 10 heteroatoms. The Bertz CT molecular complexity index is 864. The van der Waals surface area contributed by atoms with Gasteiger partial charge in [0.2, 0.25) is 0 Å². The molecule has 2 aromatic rings. The Balaban J connectivity index is 1.79. The minimum Gasteiger partial charge on any atom is -0.465 e. The van der Waals surface area contributed by atoms with E-state index in [1.54, 1.807) is 17.0 Å². The van der Waals surface area contributed by atoms with E-state index in [0.29, 0.717) is 56.2 Å². The number of pyridine rings is 1. The number of benzene rings is 1. The summed E-state index contributed by atoms with van der Waals surface area (Å²) in [4.78, 5) is 40.7. The second kappa shape index (κ2) is 13.9. The van der Waals surface area contributed by atoms with Gasteiger partial charge >= 0.3 is 12.2 Å². The van der Waals surface area contributed by atoms with Gasteiger partial charge in [-0.25, -0.2) is 14.6 Å². The number of unbranched alkanes of at least 4 members (excludes halogenated alkanes) is 1. The summed E-state index contributed by atoms with van der Waals surface area (Å²) in [6, 6.07) is 12.5. The Labute approximate surface area is 191 Å². The fraction of sp³-hybridized carbons (Fsp3) is 0.364. The van der Waals surface area contributed by atoms with Gasteiger partial charge in [-0.15, -0.1) is 0 Å². The summed E-state index contributed by atoms with van der Waals surface area (Å²) in [5.74, 6) is -0.271. The number of hydrogen-bond acceptors (Lipinski definition) is 5. The summed E-state index contributed by atoms with van der Waals surface area (Å²) in [6.07, 6.45) is 1.61. The molecule has 0 unspecified atom stereocenters. The molecule has 0 saturated heterocycles. The highest BCUT2D eigenvalue weighted by Gasteiger charge is 2.15. The van der Waals surface area contributed by atoms with E-state index in [-0.39, 0.29) is 12.5 Å². The van der Waals surface area contributed by atoms with E-state index in [1.807, 2.05) is 30.3 Å². The van der Waals surface area contributed by atoms with Crippen LogP contribution in [0.2, 0.25) is 5.15 Å². The van der Waals surface area contributed by atoms with Crippen LogP contribution in [0.25, 0.3) is 0 Å². The van der Waals surface area contributed by atoms with Gasteiger partial charge in [-0.3, -0.25) is 4.79 Å². The van der Waals surface area contributed by atoms with Crippen LogP contribution in [0.3, 0.4) is 0 Å². The molecule has 0 aliphatic heterocycles. The number of carbonyl (C=O) groups excluding carboxylic acids is 2. The van der Waals surface area contributed by atoms with E-state index in [2.05, 4.69) is 15.6 Å². The SMILES string of the molecule is O=C(O)NCCCCN(CCCNC(=O)c1ccc(Cl)nc1)C(=O)OCc1ccccc1. The highest BCUT2D eigenvalue weighted by molar-refractivity contribution is 6.29. The van der Waals surface area contributed by atoms with E-state index < -0.39 is 12.2 Å². The van der Waals surface area contributed by atoms with Crippen molar-refractivity contribution in [3.63, 3.8) is 0 Å². The van der Waals surface area contributed by atoms with Crippen LogP contribution < -0.4 is 10.6 Å². The highest BCUT2D eigenvalue weighted by Crippen LogP contribution is 2.07. The Kier molecular flexibility index (Phi) is 10.8. The fourth-order valence-electron chi connectivity index (χ4n) is 2.81. The summed E-state index contributed by atoms with van der Waals surface area (Å²) >= 11 is 5.72. The molecule has 9 nitrogen and oxygen atoms in total. The number of aromatic nitrogens is 1. The molecule has 0 aliphatic carbocycles. The maximum atomic E-state index is 12.6. The number of nitrogens with one attached hydrogen (secondary N) is 2. The van der Waals surface area contributed by atoms with Crippen LogP contribution >= 0.6 is 11.6 Å². The van der Waals surface area contributed by atoms with Crippen LogP contribution in [0, 0.1) is 0 Å². The largest absolute Gasteiger partial charge is 0.465 e. The molecule has 1 aromatic heterocycles. The van der Waals surface area contributed by atoms with Crippen LogP contribution in [-0.2, 0) is 11.3 Å². The molecule has 172 valence electrons. The molecule has 0 atom stereocenters. The maximum Gasteiger partial charge on any atom is 0.410 e. The minimum absolute atomic E-state index is 0.164.